The average Bonchev–Trinajstić information content (AvgIpc) is 2.84. The summed E-state index contributed by atoms with van der Waals surface area (Å²) in [7, 11) is 0. The summed E-state index contributed by atoms with van der Waals surface area (Å²) in [5.74, 6) is 0.0483. The van der Waals surface area contributed by atoms with Crippen LogP contribution in [0, 0.1) is 0 Å². The van der Waals surface area contributed by atoms with E-state index in [4.69, 9.17) is 17.3 Å². The van der Waals surface area contributed by atoms with Crippen LogP contribution in [0.2, 0.25) is 5.02 Å². The van der Waals surface area contributed by atoms with E-state index in [1.165, 1.54) is 4.80 Å². The van der Waals surface area contributed by atoms with Crippen molar-refractivity contribution in [2.24, 2.45) is 5.73 Å². The molecule has 0 aliphatic rings. The second-order valence-electron chi connectivity index (χ2n) is 4.11. The fourth-order valence-corrected chi connectivity index (χ4v) is 2.15. The highest BCUT2D eigenvalue weighted by atomic mass is 35.5. The first kappa shape index (κ1) is 12.0. The zero-order chi connectivity index (χ0) is 13.4. The van der Waals surface area contributed by atoms with E-state index in [1.807, 2.05) is 24.3 Å². The molecule has 96 valence electrons. The molecule has 0 aliphatic heterocycles. The second-order valence-corrected chi connectivity index (χ2v) is 4.55. The van der Waals surface area contributed by atoms with Gasteiger partial charge in [-0.15, -0.1) is 15.0 Å². The van der Waals surface area contributed by atoms with Gasteiger partial charge in [0.2, 0.25) is 0 Å². The normalized spacial score (nSPS) is 11.1. The van der Waals surface area contributed by atoms with Crippen molar-refractivity contribution in [2.45, 2.75) is 6.54 Å². The first-order chi connectivity index (χ1) is 9.19. The third kappa shape index (κ3) is 2.03. The number of phenolic OH excluding ortho intramolecular Hbond substituents is 1. The highest BCUT2D eigenvalue weighted by Gasteiger charge is 2.13. The fourth-order valence-electron chi connectivity index (χ4n) is 1.92. The molecule has 3 N–H and O–H groups in total. The molecule has 3 rings (SSSR count). The Morgan fingerprint density at radius 1 is 1.16 bits per heavy atom. The Morgan fingerprint density at radius 2 is 1.79 bits per heavy atom. The van der Waals surface area contributed by atoms with Crippen molar-refractivity contribution < 1.29 is 5.11 Å². The number of benzene rings is 2. The van der Waals surface area contributed by atoms with Crippen molar-refractivity contribution in [1.82, 2.24) is 15.0 Å². The molecule has 1 heterocycles. The number of hydrogen-bond acceptors (Lipinski definition) is 4. The van der Waals surface area contributed by atoms with Gasteiger partial charge in [-0.3, -0.25) is 0 Å². The van der Waals surface area contributed by atoms with Gasteiger partial charge >= 0.3 is 0 Å². The lowest BCUT2D eigenvalue weighted by Gasteiger charge is -2.08. The maximum atomic E-state index is 10.2. The Balaban J connectivity index is 2.23. The van der Waals surface area contributed by atoms with Crippen LogP contribution >= 0.6 is 11.6 Å². The fraction of sp³-hybridized carbons (Fsp3) is 0.0769. The van der Waals surface area contributed by atoms with Crippen LogP contribution in [0.4, 0.5) is 0 Å². The molecule has 2 aromatic carbocycles. The minimum Gasteiger partial charge on any atom is -0.505 e. The van der Waals surface area contributed by atoms with Gasteiger partial charge < -0.3 is 10.8 Å². The van der Waals surface area contributed by atoms with E-state index in [-0.39, 0.29) is 12.3 Å². The number of fused-ring (bicyclic) bond motifs is 1. The third-order valence-electron chi connectivity index (χ3n) is 2.86. The van der Waals surface area contributed by atoms with Crippen molar-refractivity contribution in [1.29, 1.82) is 0 Å². The molecule has 0 fully saturated rings. The monoisotopic (exact) mass is 274 g/mol. The Kier molecular flexibility index (Phi) is 2.85. The van der Waals surface area contributed by atoms with Crippen molar-refractivity contribution in [3.63, 3.8) is 0 Å². The van der Waals surface area contributed by atoms with Gasteiger partial charge in [0.05, 0.1) is 0 Å². The summed E-state index contributed by atoms with van der Waals surface area (Å²) in [5, 5.41) is 19.2. The Labute approximate surface area is 114 Å². The summed E-state index contributed by atoms with van der Waals surface area (Å²) in [6, 6.07) is 10.7. The van der Waals surface area contributed by atoms with Crippen LogP contribution in [-0.4, -0.2) is 20.1 Å². The summed E-state index contributed by atoms with van der Waals surface area (Å²) in [6.45, 7) is 0.195. The van der Waals surface area contributed by atoms with Crippen LogP contribution in [-0.2, 0) is 6.54 Å². The summed E-state index contributed by atoms with van der Waals surface area (Å²) in [5.41, 5.74) is 8.05. The molecule has 0 atom stereocenters. The topological polar surface area (TPSA) is 77.0 Å². The van der Waals surface area contributed by atoms with Crippen LogP contribution in [0.25, 0.3) is 16.7 Å². The molecule has 0 aliphatic carbocycles. The van der Waals surface area contributed by atoms with Gasteiger partial charge in [-0.2, -0.15) is 0 Å². The molecule has 0 amide bonds. The molecule has 0 saturated carbocycles. The zero-order valence-corrected chi connectivity index (χ0v) is 10.7. The number of rotatable bonds is 2. The van der Waals surface area contributed by atoms with E-state index < -0.39 is 0 Å². The number of aromatic nitrogens is 3. The second kappa shape index (κ2) is 4.53. The first-order valence-electron chi connectivity index (χ1n) is 5.73. The molecule has 6 heteroatoms. The molecule has 0 saturated heterocycles. The lowest BCUT2D eigenvalue weighted by atomic mass is 10.2. The first-order valence-corrected chi connectivity index (χ1v) is 6.11. The van der Waals surface area contributed by atoms with Gasteiger partial charge in [0.1, 0.15) is 22.5 Å². The molecule has 1 aromatic heterocycles. The standard InChI is InChI=1S/C13H11ClN4O/c14-9-5-8(7-15)13(19)12(6-9)18-16-10-3-1-2-4-11(10)17-18/h1-6,19H,7,15H2. The minimum absolute atomic E-state index is 0.0483. The molecule has 0 radical (unpaired) electrons. The molecular weight excluding hydrogens is 264 g/mol. The quantitative estimate of drug-likeness (QED) is 0.751. The van der Waals surface area contributed by atoms with Gasteiger partial charge in [-0.1, -0.05) is 23.7 Å². The highest BCUT2D eigenvalue weighted by Crippen LogP contribution is 2.29. The van der Waals surface area contributed by atoms with Crippen LogP contribution in [0.1, 0.15) is 5.56 Å². The Bertz CT molecular complexity index is 720. The highest BCUT2D eigenvalue weighted by molar-refractivity contribution is 6.30. The van der Waals surface area contributed by atoms with E-state index in [1.54, 1.807) is 12.1 Å². The number of nitrogens with zero attached hydrogens (tertiary/aromatic N) is 3. The lowest BCUT2D eigenvalue weighted by molar-refractivity contribution is 0.461. The lowest BCUT2D eigenvalue weighted by Crippen LogP contribution is -2.03. The SMILES string of the molecule is NCc1cc(Cl)cc(-n2nc3ccccc3n2)c1O. The van der Waals surface area contributed by atoms with Crippen LogP contribution in [0.5, 0.6) is 5.75 Å². The van der Waals surface area contributed by atoms with Crippen molar-refractivity contribution >= 4 is 22.6 Å². The van der Waals surface area contributed by atoms with E-state index in [2.05, 4.69) is 10.2 Å². The number of hydrogen-bond donors (Lipinski definition) is 2. The van der Waals surface area contributed by atoms with Gasteiger partial charge in [0.25, 0.3) is 0 Å². The molecular formula is C13H11ClN4O. The number of phenols is 1. The average molecular weight is 275 g/mol. The summed E-state index contributed by atoms with van der Waals surface area (Å²) in [6.07, 6.45) is 0. The van der Waals surface area contributed by atoms with E-state index >= 15 is 0 Å². The van der Waals surface area contributed by atoms with Crippen LogP contribution in [0.15, 0.2) is 36.4 Å². The van der Waals surface area contributed by atoms with Gasteiger partial charge in [-0.05, 0) is 24.3 Å². The van der Waals surface area contributed by atoms with Crippen molar-refractivity contribution in [2.75, 3.05) is 0 Å². The molecule has 5 nitrogen and oxygen atoms in total. The Hall–Kier alpha value is -2.11. The summed E-state index contributed by atoms with van der Waals surface area (Å²) < 4.78 is 0. The summed E-state index contributed by atoms with van der Waals surface area (Å²) in [4.78, 5) is 1.37. The molecule has 19 heavy (non-hydrogen) atoms. The maximum Gasteiger partial charge on any atom is 0.147 e. The maximum absolute atomic E-state index is 10.2. The van der Waals surface area contributed by atoms with E-state index in [0.717, 1.165) is 11.0 Å². The van der Waals surface area contributed by atoms with Crippen LogP contribution < -0.4 is 5.73 Å². The number of aromatic hydroxyl groups is 1. The predicted octanol–water partition coefficient (Wildman–Crippen LogP) is 2.24. The summed E-state index contributed by atoms with van der Waals surface area (Å²) >= 11 is 6.01. The molecule has 0 spiro atoms. The largest absolute Gasteiger partial charge is 0.505 e. The van der Waals surface area contributed by atoms with Gasteiger partial charge in [0.15, 0.2) is 0 Å². The van der Waals surface area contributed by atoms with E-state index in [0.29, 0.717) is 16.3 Å². The van der Waals surface area contributed by atoms with Crippen molar-refractivity contribution in [3.8, 4) is 11.4 Å². The Morgan fingerprint density at radius 3 is 2.37 bits per heavy atom. The van der Waals surface area contributed by atoms with Crippen molar-refractivity contribution in [3.05, 3.63) is 47.0 Å². The number of nitrogens with two attached hydrogens (primary N) is 1. The molecule has 0 unspecified atom stereocenters. The zero-order valence-electron chi connectivity index (χ0n) is 9.92. The van der Waals surface area contributed by atoms with E-state index in [9.17, 15) is 5.11 Å². The predicted molar refractivity (Wildman–Crippen MR) is 73.4 cm³/mol. The van der Waals surface area contributed by atoms with Gasteiger partial charge in [-0.25, -0.2) is 0 Å². The number of halogens is 1. The molecule has 0 bridgehead atoms. The third-order valence-corrected chi connectivity index (χ3v) is 3.07. The molecule has 3 aromatic rings. The van der Waals surface area contributed by atoms with Crippen LogP contribution in [0.3, 0.4) is 0 Å². The van der Waals surface area contributed by atoms with Gasteiger partial charge in [0, 0.05) is 17.1 Å². The minimum atomic E-state index is 0.0483. The smallest absolute Gasteiger partial charge is 0.147 e.